The van der Waals surface area contributed by atoms with Gasteiger partial charge in [0.05, 0.1) is 17.4 Å². The zero-order valence-electron chi connectivity index (χ0n) is 15.2. The number of amides is 2. The monoisotopic (exact) mass is 352 g/mol. The van der Waals surface area contributed by atoms with Crippen LogP contribution in [0, 0.1) is 6.92 Å². The van der Waals surface area contributed by atoms with Gasteiger partial charge in [0.15, 0.2) is 0 Å². The van der Waals surface area contributed by atoms with E-state index < -0.39 is 0 Å². The number of nitrogens with zero attached hydrogens (tertiary/aromatic N) is 3. The van der Waals surface area contributed by atoms with Crippen molar-refractivity contribution in [1.82, 2.24) is 15.2 Å². The lowest BCUT2D eigenvalue weighted by molar-refractivity contribution is -0.129. The van der Waals surface area contributed by atoms with Gasteiger partial charge >= 0.3 is 0 Å². The molecule has 26 heavy (non-hydrogen) atoms. The summed E-state index contributed by atoms with van der Waals surface area (Å²) >= 11 is 0. The minimum Gasteiger partial charge on any atom is -0.367 e. The molecule has 0 bridgehead atoms. The van der Waals surface area contributed by atoms with Gasteiger partial charge in [-0.2, -0.15) is 0 Å². The van der Waals surface area contributed by atoms with E-state index in [0.29, 0.717) is 25.2 Å². The van der Waals surface area contributed by atoms with Crippen LogP contribution in [0.25, 0.3) is 0 Å². The second kappa shape index (κ2) is 7.99. The van der Waals surface area contributed by atoms with Crippen LogP contribution in [0.5, 0.6) is 0 Å². The lowest BCUT2D eigenvalue weighted by Crippen LogP contribution is -2.48. The average Bonchev–Trinajstić information content (AvgIpc) is 2.67. The Labute approximate surface area is 153 Å². The number of pyridine rings is 1. The molecule has 0 spiro atoms. The van der Waals surface area contributed by atoms with Crippen LogP contribution in [-0.4, -0.2) is 47.9 Å². The molecule has 2 aromatic rings. The molecule has 2 amide bonds. The fourth-order valence-electron chi connectivity index (χ4n) is 2.99. The number of nitrogens with one attached hydrogen (secondary N) is 1. The molecule has 1 aliphatic heterocycles. The summed E-state index contributed by atoms with van der Waals surface area (Å²) in [5.74, 6) is -0.0330. The number of piperazine rings is 1. The minimum absolute atomic E-state index is 0.104. The topological polar surface area (TPSA) is 65.5 Å². The van der Waals surface area contributed by atoms with Crippen LogP contribution in [0.3, 0.4) is 0 Å². The van der Waals surface area contributed by atoms with Crippen molar-refractivity contribution in [3.63, 3.8) is 0 Å². The summed E-state index contributed by atoms with van der Waals surface area (Å²) in [6.07, 6.45) is 3.35. The molecule has 1 fully saturated rings. The summed E-state index contributed by atoms with van der Waals surface area (Å²) in [5, 5.41) is 2.94. The van der Waals surface area contributed by atoms with Gasteiger partial charge in [0.25, 0.3) is 5.91 Å². The van der Waals surface area contributed by atoms with Gasteiger partial charge in [0.2, 0.25) is 5.91 Å². The number of hydrogen-bond donors (Lipinski definition) is 1. The summed E-state index contributed by atoms with van der Waals surface area (Å²) in [5.41, 5.74) is 3.72. The van der Waals surface area contributed by atoms with Gasteiger partial charge in [0, 0.05) is 45.8 Å². The first-order valence-corrected chi connectivity index (χ1v) is 8.82. The Kier molecular flexibility index (Phi) is 5.51. The number of carbonyl (C=O) groups is 2. The Morgan fingerprint density at radius 3 is 2.42 bits per heavy atom. The van der Waals surface area contributed by atoms with Crippen molar-refractivity contribution in [2.45, 2.75) is 20.4 Å². The molecule has 0 saturated carbocycles. The quantitative estimate of drug-likeness (QED) is 0.914. The van der Waals surface area contributed by atoms with Crippen molar-refractivity contribution in [3.05, 3.63) is 59.4 Å². The van der Waals surface area contributed by atoms with Gasteiger partial charge in [-0.15, -0.1) is 0 Å². The number of aromatic nitrogens is 1. The minimum atomic E-state index is -0.137. The molecule has 1 saturated heterocycles. The molecular weight excluding hydrogens is 328 g/mol. The summed E-state index contributed by atoms with van der Waals surface area (Å²) in [7, 11) is 0. The van der Waals surface area contributed by atoms with E-state index in [-0.39, 0.29) is 11.8 Å². The van der Waals surface area contributed by atoms with E-state index in [0.717, 1.165) is 24.3 Å². The van der Waals surface area contributed by atoms with Crippen molar-refractivity contribution in [2.24, 2.45) is 0 Å². The van der Waals surface area contributed by atoms with E-state index in [1.165, 1.54) is 5.56 Å². The van der Waals surface area contributed by atoms with Crippen molar-refractivity contribution < 1.29 is 9.59 Å². The normalized spacial score (nSPS) is 14.2. The lowest BCUT2D eigenvalue weighted by atomic mass is 10.1. The van der Waals surface area contributed by atoms with Crippen LogP contribution >= 0.6 is 0 Å². The third-order valence-corrected chi connectivity index (χ3v) is 4.65. The molecule has 0 unspecified atom stereocenters. The maximum atomic E-state index is 12.4. The highest BCUT2D eigenvalue weighted by atomic mass is 16.2. The summed E-state index contributed by atoms with van der Waals surface area (Å²) in [4.78, 5) is 32.1. The molecule has 1 aromatic carbocycles. The molecule has 1 N–H and O–H groups in total. The maximum absolute atomic E-state index is 12.4. The first-order valence-electron chi connectivity index (χ1n) is 8.82. The van der Waals surface area contributed by atoms with Gasteiger partial charge in [0.1, 0.15) is 0 Å². The molecule has 6 heteroatoms. The maximum Gasteiger partial charge on any atom is 0.253 e. The van der Waals surface area contributed by atoms with Crippen LogP contribution in [0.1, 0.15) is 28.4 Å². The van der Waals surface area contributed by atoms with Gasteiger partial charge in [-0.25, -0.2) is 0 Å². The number of benzene rings is 1. The molecule has 0 radical (unpaired) electrons. The van der Waals surface area contributed by atoms with Crippen molar-refractivity contribution in [2.75, 3.05) is 31.1 Å². The van der Waals surface area contributed by atoms with E-state index in [2.05, 4.69) is 15.2 Å². The largest absolute Gasteiger partial charge is 0.367 e. The predicted molar refractivity (Wildman–Crippen MR) is 101 cm³/mol. The molecule has 0 aliphatic carbocycles. The van der Waals surface area contributed by atoms with E-state index in [1.54, 1.807) is 19.3 Å². The Morgan fingerprint density at radius 1 is 1.08 bits per heavy atom. The lowest BCUT2D eigenvalue weighted by Gasteiger charge is -2.35. The van der Waals surface area contributed by atoms with E-state index in [9.17, 15) is 9.59 Å². The second-order valence-corrected chi connectivity index (χ2v) is 6.59. The molecule has 2 heterocycles. The summed E-state index contributed by atoms with van der Waals surface area (Å²) in [6.45, 7) is 7.00. The first-order chi connectivity index (χ1) is 12.5. The zero-order valence-corrected chi connectivity index (χ0v) is 15.2. The second-order valence-electron chi connectivity index (χ2n) is 6.59. The fraction of sp³-hybridized carbons (Fsp3) is 0.350. The molecule has 136 valence electrons. The number of rotatable bonds is 4. The molecule has 0 atom stereocenters. The zero-order chi connectivity index (χ0) is 18.5. The average molecular weight is 352 g/mol. The molecule has 1 aliphatic rings. The number of carbonyl (C=O) groups excluding carboxylic acids is 2. The number of anilines is 1. The Hall–Kier alpha value is -2.89. The van der Waals surface area contributed by atoms with Gasteiger partial charge in [-0.1, -0.05) is 29.8 Å². The van der Waals surface area contributed by atoms with Crippen LogP contribution in [-0.2, 0) is 11.3 Å². The van der Waals surface area contributed by atoms with Gasteiger partial charge in [-0.05, 0) is 18.6 Å². The highest BCUT2D eigenvalue weighted by Gasteiger charge is 2.19. The summed E-state index contributed by atoms with van der Waals surface area (Å²) < 4.78 is 0. The standard InChI is InChI=1S/C20H24N4O2/c1-15-3-5-17(6-4-15)12-22-20(26)18-11-19(14-21-13-18)24-9-7-23(8-10-24)16(2)25/h3-6,11,13-14H,7-10,12H2,1-2H3,(H,22,26). The third-order valence-electron chi connectivity index (χ3n) is 4.65. The van der Waals surface area contributed by atoms with Crippen LogP contribution < -0.4 is 10.2 Å². The SMILES string of the molecule is CC(=O)N1CCN(c2cncc(C(=O)NCc3ccc(C)cc3)c2)CC1. The van der Waals surface area contributed by atoms with Crippen LogP contribution in [0.2, 0.25) is 0 Å². The van der Waals surface area contributed by atoms with Crippen molar-refractivity contribution in [3.8, 4) is 0 Å². The van der Waals surface area contributed by atoms with Gasteiger partial charge in [-0.3, -0.25) is 14.6 Å². The molecular formula is C20H24N4O2. The van der Waals surface area contributed by atoms with Crippen LogP contribution in [0.4, 0.5) is 5.69 Å². The Morgan fingerprint density at radius 2 is 1.77 bits per heavy atom. The van der Waals surface area contributed by atoms with E-state index >= 15 is 0 Å². The predicted octanol–water partition coefficient (Wildman–Crippen LogP) is 1.99. The molecule has 6 nitrogen and oxygen atoms in total. The first kappa shape index (κ1) is 17.9. The van der Waals surface area contributed by atoms with Crippen molar-refractivity contribution >= 4 is 17.5 Å². The fourth-order valence-corrected chi connectivity index (χ4v) is 2.99. The Bertz CT molecular complexity index is 781. The highest BCUT2D eigenvalue weighted by Crippen LogP contribution is 2.17. The van der Waals surface area contributed by atoms with E-state index in [1.807, 2.05) is 42.2 Å². The summed E-state index contributed by atoms with van der Waals surface area (Å²) in [6, 6.07) is 9.95. The number of hydrogen-bond acceptors (Lipinski definition) is 4. The highest BCUT2D eigenvalue weighted by molar-refractivity contribution is 5.94. The van der Waals surface area contributed by atoms with Crippen molar-refractivity contribution in [1.29, 1.82) is 0 Å². The number of aryl methyl sites for hydroxylation is 1. The van der Waals surface area contributed by atoms with Gasteiger partial charge < -0.3 is 15.1 Å². The smallest absolute Gasteiger partial charge is 0.253 e. The van der Waals surface area contributed by atoms with E-state index in [4.69, 9.17) is 0 Å². The third kappa shape index (κ3) is 4.39. The molecule has 3 rings (SSSR count). The Balaban J connectivity index is 1.60. The van der Waals surface area contributed by atoms with Crippen LogP contribution in [0.15, 0.2) is 42.7 Å². The molecule has 1 aromatic heterocycles.